The van der Waals surface area contributed by atoms with Crippen LogP contribution in [0.1, 0.15) is 19.8 Å². The first kappa shape index (κ1) is 12.4. The molecule has 3 rings (SSSR count). The van der Waals surface area contributed by atoms with Crippen LogP contribution in [-0.2, 0) is 0 Å². The number of hydrogen-bond acceptors (Lipinski definition) is 4. The van der Waals surface area contributed by atoms with Crippen molar-refractivity contribution in [3.8, 4) is 0 Å². The second-order valence-electron chi connectivity index (χ2n) is 5.24. The number of aromatic nitrogens is 3. The van der Waals surface area contributed by atoms with E-state index in [4.69, 9.17) is 0 Å². The lowest BCUT2D eigenvalue weighted by molar-refractivity contribution is 0.216. The van der Waals surface area contributed by atoms with Gasteiger partial charge in [0.15, 0.2) is 0 Å². The van der Waals surface area contributed by atoms with E-state index in [-0.39, 0.29) is 0 Å². The summed E-state index contributed by atoms with van der Waals surface area (Å²) in [6.45, 7) is 5.72. The molecule has 2 aromatic heterocycles. The third kappa shape index (κ3) is 2.30. The molecule has 19 heavy (non-hydrogen) atoms. The van der Waals surface area contributed by atoms with E-state index in [1.165, 1.54) is 19.4 Å². The molecule has 0 radical (unpaired) electrons. The SMILES string of the molecule is CCN1CCCC(N(C)c2ncnc3[nH]ccc23)C1. The largest absolute Gasteiger partial charge is 0.355 e. The highest BCUT2D eigenvalue weighted by atomic mass is 15.3. The van der Waals surface area contributed by atoms with Crippen LogP contribution in [-0.4, -0.2) is 52.6 Å². The summed E-state index contributed by atoms with van der Waals surface area (Å²) in [7, 11) is 2.15. The van der Waals surface area contributed by atoms with E-state index < -0.39 is 0 Å². The van der Waals surface area contributed by atoms with Gasteiger partial charge >= 0.3 is 0 Å². The van der Waals surface area contributed by atoms with E-state index in [1.807, 2.05) is 6.20 Å². The zero-order valence-electron chi connectivity index (χ0n) is 11.6. The Hall–Kier alpha value is -1.62. The number of rotatable bonds is 3. The Morgan fingerprint density at radius 3 is 3.21 bits per heavy atom. The highest BCUT2D eigenvalue weighted by Gasteiger charge is 2.24. The number of fused-ring (bicyclic) bond motifs is 1. The summed E-state index contributed by atoms with van der Waals surface area (Å²) in [4.78, 5) is 16.7. The number of nitrogens with zero attached hydrogens (tertiary/aromatic N) is 4. The average molecular weight is 259 g/mol. The van der Waals surface area contributed by atoms with Crippen LogP contribution in [0.5, 0.6) is 0 Å². The van der Waals surface area contributed by atoms with Crippen LogP contribution in [0.2, 0.25) is 0 Å². The van der Waals surface area contributed by atoms with Crippen molar-refractivity contribution in [3.63, 3.8) is 0 Å². The van der Waals surface area contributed by atoms with E-state index >= 15 is 0 Å². The lowest BCUT2D eigenvalue weighted by Crippen LogP contribution is -2.46. The predicted octanol–water partition coefficient (Wildman–Crippen LogP) is 1.88. The molecule has 0 bridgehead atoms. The molecule has 1 aliphatic heterocycles. The lowest BCUT2D eigenvalue weighted by Gasteiger charge is -2.37. The Balaban J connectivity index is 1.86. The monoisotopic (exact) mass is 259 g/mol. The fraction of sp³-hybridized carbons (Fsp3) is 0.571. The van der Waals surface area contributed by atoms with Crippen molar-refractivity contribution in [2.45, 2.75) is 25.8 Å². The Kier molecular flexibility index (Phi) is 3.38. The third-order valence-corrected chi connectivity index (χ3v) is 4.14. The van der Waals surface area contributed by atoms with Gasteiger partial charge in [-0.2, -0.15) is 0 Å². The van der Waals surface area contributed by atoms with E-state index in [1.54, 1.807) is 6.33 Å². The minimum Gasteiger partial charge on any atom is -0.355 e. The summed E-state index contributed by atoms with van der Waals surface area (Å²) in [6.07, 6.45) is 6.08. The molecule has 1 fully saturated rings. The molecule has 5 heteroatoms. The Morgan fingerprint density at radius 1 is 1.47 bits per heavy atom. The predicted molar refractivity (Wildman–Crippen MR) is 77.4 cm³/mol. The van der Waals surface area contributed by atoms with E-state index in [2.05, 4.69) is 44.8 Å². The van der Waals surface area contributed by atoms with Crippen molar-refractivity contribution in [2.75, 3.05) is 31.6 Å². The number of piperidine rings is 1. The fourth-order valence-corrected chi connectivity index (χ4v) is 2.95. The molecule has 5 nitrogen and oxygen atoms in total. The highest BCUT2D eigenvalue weighted by molar-refractivity contribution is 5.87. The standard InChI is InChI=1S/C14H21N5/c1-3-19-8-4-5-11(9-19)18(2)14-12-6-7-15-13(12)16-10-17-14/h6-7,10-11H,3-5,8-9H2,1-2H3,(H,15,16,17). The maximum Gasteiger partial charge on any atom is 0.142 e. The van der Waals surface area contributed by atoms with Crippen molar-refractivity contribution in [2.24, 2.45) is 0 Å². The Morgan fingerprint density at radius 2 is 2.37 bits per heavy atom. The van der Waals surface area contributed by atoms with Gasteiger partial charge in [-0.1, -0.05) is 6.92 Å². The number of hydrogen-bond donors (Lipinski definition) is 1. The first-order valence-corrected chi connectivity index (χ1v) is 7.03. The van der Waals surface area contributed by atoms with Gasteiger partial charge in [-0.25, -0.2) is 9.97 Å². The van der Waals surface area contributed by atoms with Crippen molar-refractivity contribution in [3.05, 3.63) is 18.6 Å². The molecule has 1 saturated heterocycles. The number of anilines is 1. The molecule has 0 aliphatic carbocycles. The van der Waals surface area contributed by atoms with E-state index in [0.717, 1.165) is 29.9 Å². The Bertz CT molecular complexity index is 550. The highest BCUT2D eigenvalue weighted by Crippen LogP contribution is 2.25. The zero-order valence-corrected chi connectivity index (χ0v) is 11.6. The van der Waals surface area contributed by atoms with Crippen LogP contribution < -0.4 is 4.90 Å². The first-order chi connectivity index (χ1) is 9.29. The Labute approximate surface area is 113 Å². The third-order valence-electron chi connectivity index (χ3n) is 4.14. The maximum atomic E-state index is 4.48. The van der Waals surface area contributed by atoms with Gasteiger partial charge in [0.25, 0.3) is 0 Å². The van der Waals surface area contributed by atoms with Gasteiger partial charge in [-0.05, 0) is 32.0 Å². The maximum absolute atomic E-state index is 4.48. The van der Waals surface area contributed by atoms with Crippen LogP contribution >= 0.6 is 0 Å². The molecule has 1 unspecified atom stereocenters. The van der Waals surface area contributed by atoms with Gasteiger partial charge in [-0.3, -0.25) is 0 Å². The van der Waals surface area contributed by atoms with Gasteiger partial charge in [0, 0.05) is 25.8 Å². The number of likely N-dealkylation sites (tertiary alicyclic amines) is 1. The van der Waals surface area contributed by atoms with Gasteiger partial charge in [0.2, 0.25) is 0 Å². The fourth-order valence-electron chi connectivity index (χ4n) is 2.95. The van der Waals surface area contributed by atoms with Gasteiger partial charge < -0.3 is 14.8 Å². The summed E-state index contributed by atoms with van der Waals surface area (Å²) in [5.74, 6) is 1.04. The normalized spacial score (nSPS) is 20.8. The number of nitrogens with one attached hydrogen (secondary N) is 1. The van der Waals surface area contributed by atoms with Crippen LogP contribution in [0.3, 0.4) is 0 Å². The van der Waals surface area contributed by atoms with Crippen molar-refractivity contribution in [1.29, 1.82) is 0 Å². The second-order valence-corrected chi connectivity index (χ2v) is 5.24. The molecule has 1 N–H and O–H groups in total. The molecule has 0 aromatic carbocycles. The van der Waals surface area contributed by atoms with Crippen LogP contribution in [0.25, 0.3) is 11.0 Å². The first-order valence-electron chi connectivity index (χ1n) is 7.03. The van der Waals surface area contributed by atoms with Gasteiger partial charge in [0.1, 0.15) is 17.8 Å². The quantitative estimate of drug-likeness (QED) is 0.914. The van der Waals surface area contributed by atoms with E-state index in [9.17, 15) is 0 Å². The summed E-state index contributed by atoms with van der Waals surface area (Å²) in [6, 6.07) is 2.60. The molecule has 1 atom stereocenters. The molecular weight excluding hydrogens is 238 g/mol. The summed E-state index contributed by atoms with van der Waals surface area (Å²) in [5.41, 5.74) is 0.917. The molecule has 1 aliphatic rings. The number of H-pyrrole nitrogens is 1. The van der Waals surface area contributed by atoms with Crippen LogP contribution in [0.4, 0.5) is 5.82 Å². The number of aromatic amines is 1. The van der Waals surface area contributed by atoms with Gasteiger partial charge in [-0.15, -0.1) is 0 Å². The molecule has 102 valence electrons. The average Bonchev–Trinajstić information content (AvgIpc) is 2.95. The summed E-state index contributed by atoms with van der Waals surface area (Å²) < 4.78 is 0. The van der Waals surface area contributed by atoms with E-state index in [0.29, 0.717) is 6.04 Å². The molecular formula is C14H21N5. The van der Waals surface area contributed by atoms with Crippen molar-refractivity contribution >= 4 is 16.9 Å². The van der Waals surface area contributed by atoms with Crippen molar-refractivity contribution < 1.29 is 0 Å². The minimum absolute atomic E-state index is 0.543. The second kappa shape index (κ2) is 5.17. The topological polar surface area (TPSA) is 48.1 Å². The smallest absolute Gasteiger partial charge is 0.142 e. The zero-order chi connectivity index (χ0) is 13.2. The van der Waals surface area contributed by atoms with Gasteiger partial charge in [0.05, 0.1) is 5.39 Å². The molecule has 3 heterocycles. The minimum atomic E-state index is 0.543. The molecule has 0 amide bonds. The lowest BCUT2D eigenvalue weighted by atomic mass is 10.0. The number of likely N-dealkylation sites (N-methyl/N-ethyl adjacent to an activating group) is 2. The molecule has 2 aromatic rings. The van der Waals surface area contributed by atoms with Crippen LogP contribution in [0.15, 0.2) is 18.6 Å². The van der Waals surface area contributed by atoms with Crippen LogP contribution in [0, 0.1) is 0 Å². The summed E-state index contributed by atoms with van der Waals surface area (Å²) >= 11 is 0. The molecule has 0 saturated carbocycles. The van der Waals surface area contributed by atoms with Crippen molar-refractivity contribution in [1.82, 2.24) is 19.9 Å². The molecule has 0 spiro atoms. The summed E-state index contributed by atoms with van der Waals surface area (Å²) in [5, 5.41) is 1.11.